The highest BCUT2D eigenvalue weighted by atomic mass is 35.5. The van der Waals surface area contributed by atoms with Crippen LogP contribution in [0.15, 0.2) is 29.5 Å². The lowest BCUT2D eigenvalue weighted by molar-refractivity contribution is -0.128. The van der Waals surface area contributed by atoms with E-state index in [1.807, 2.05) is 0 Å². The van der Waals surface area contributed by atoms with Gasteiger partial charge in [0.15, 0.2) is 5.76 Å². The molecule has 27 heavy (non-hydrogen) atoms. The number of hydrogen-bond donors (Lipinski definition) is 2. The molecule has 0 bridgehead atoms. The fourth-order valence-electron chi connectivity index (χ4n) is 2.74. The second-order valence-electron chi connectivity index (χ2n) is 6.24. The number of halogens is 2. The monoisotopic (exact) mass is 413 g/mol. The van der Waals surface area contributed by atoms with Crippen molar-refractivity contribution < 1.29 is 19.5 Å². The van der Waals surface area contributed by atoms with Gasteiger partial charge in [-0.15, -0.1) is 0 Å². The van der Waals surface area contributed by atoms with Crippen molar-refractivity contribution in [1.82, 2.24) is 15.1 Å². The maximum atomic E-state index is 12.6. The first kappa shape index (κ1) is 21.1. The SMILES string of the molecule is CNC(=O)CCCN1CC(C(=O)N(C)Cc2ccc(Cl)c(Cl)c2)=C(O)C1=O. The second kappa shape index (κ2) is 9.10. The highest BCUT2D eigenvalue weighted by Gasteiger charge is 2.34. The average molecular weight is 414 g/mol. The van der Waals surface area contributed by atoms with E-state index in [0.29, 0.717) is 16.5 Å². The molecule has 146 valence electrons. The number of nitrogens with one attached hydrogen (secondary N) is 1. The number of hydrogen-bond acceptors (Lipinski definition) is 4. The first-order valence-electron chi connectivity index (χ1n) is 8.36. The molecule has 9 heteroatoms. The Labute approximate surface area is 167 Å². The van der Waals surface area contributed by atoms with Gasteiger partial charge < -0.3 is 20.2 Å². The zero-order valence-corrected chi connectivity index (χ0v) is 16.6. The third-order valence-electron chi connectivity index (χ3n) is 4.24. The lowest BCUT2D eigenvalue weighted by atomic mass is 10.2. The van der Waals surface area contributed by atoms with Crippen molar-refractivity contribution in [3.63, 3.8) is 0 Å². The van der Waals surface area contributed by atoms with Gasteiger partial charge in [-0.2, -0.15) is 0 Å². The summed E-state index contributed by atoms with van der Waals surface area (Å²) in [5.41, 5.74) is 0.814. The van der Waals surface area contributed by atoms with Crippen LogP contribution in [0.2, 0.25) is 10.0 Å². The maximum absolute atomic E-state index is 12.6. The lowest BCUT2D eigenvalue weighted by Gasteiger charge is -2.19. The van der Waals surface area contributed by atoms with Crippen LogP contribution in [-0.4, -0.2) is 59.8 Å². The summed E-state index contributed by atoms with van der Waals surface area (Å²) in [6.07, 6.45) is 0.709. The topological polar surface area (TPSA) is 90.0 Å². The number of benzene rings is 1. The molecule has 0 radical (unpaired) electrons. The van der Waals surface area contributed by atoms with Gasteiger partial charge in [-0.3, -0.25) is 14.4 Å². The summed E-state index contributed by atoms with van der Waals surface area (Å²) in [5.74, 6) is -1.71. The Morgan fingerprint density at radius 2 is 2.00 bits per heavy atom. The number of aliphatic hydroxyl groups excluding tert-OH is 1. The molecule has 0 unspecified atom stereocenters. The first-order chi connectivity index (χ1) is 12.7. The molecule has 3 amide bonds. The van der Waals surface area contributed by atoms with Crippen LogP contribution >= 0.6 is 23.2 Å². The molecule has 2 N–H and O–H groups in total. The molecule has 0 saturated carbocycles. The molecular formula is C18H21Cl2N3O4. The summed E-state index contributed by atoms with van der Waals surface area (Å²) in [7, 11) is 3.11. The van der Waals surface area contributed by atoms with E-state index in [4.69, 9.17) is 23.2 Å². The van der Waals surface area contributed by atoms with E-state index < -0.39 is 17.6 Å². The molecule has 1 heterocycles. The average Bonchev–Trinajstić information content (AvgIpc) is 2.92. The minimum absolute atomic E-state index is 0.0168. The molecule has 1 aromatic rings. The fraction of sp³-hybridized carbons (Fsp3) is 0.389. The smallest absolute Gasteiger partial charge is 0.289 e. The summed E-state index contributed by atoms with van der Waals surface area (Å²) < 4.78 is 0. The summed E-state index contributed by atoms with van der Waals surface area (Å²) >= 11 is 11.9. The zero-order chi connectivity index (χ0) is 20.1. The predicted molar refractivity (Wildman–Crippen MR) is 102 cm³/mol. The van der Waals surface area contributed by atoms with Crippen molar-refractivity contribution in [2.24, 2.45) is 0 Å². The van der Waals surface area contributed by atoms with E-state index in [1.165, 1.54) is 16.8 Å². The van der Waals surface area contributed by atoms with Gasteiger partial charge >= 0.3 is 0 Å². The number of likely N-dealkylation sites (N-methyl/N-ethyl adjacent to an activating group) is 1. The van der Waals surface area contributed by atoms with E-state index in [1.54, 1.807) is 25.2 Å². The van der Waals surface area contributed by atoms with Gasteiger partial charge in [0.05, 0.1) is 22.2 Å². The maximum Gasteiger partial charge on any atom is 0.289 e. The van der Waals surface area contributed by atoms with Gasteiger partial charge in [0.1, 0.15) is 0 Å². The quantitative estimate of drug-likeness (QED) is 0.716. The Hall–Kier alpha value is -2.25. The molecule has 0 spiro atoms. The van der Waals surface area contributed by atoms with Crippen LogP contribution in [-0.2, 0) is 20.9 Å². The van der Waals surface area contributed by atoms with Crippen molar-refractivity contribution in [3.8, 4) is 0 Å². The highest BCUT2D eigenvalue weighted by molar-refractivity contribution is 6.42. The second-order valence-corrected chi connectivity index (χ2v) is 7.05. The summed E-state index contributed by atoms with van der Waals surface area (Å²) in [6, 6.07) is 5.05. The Morgan fingerprint density at radius 3 is 2.63 bits per heavy atom. The predicted octanol–water partition coefficient (Wildman–Crippen LogP) is 2.13. The molecule has 0 fully saturated rings. The van der Waals surface area contributed by atoms with E-state index in [-0.39, 0.29) is 37.5 Å². The number of carbonyl (C=O) groups excluding carboxylic acids is 3. The van der Waals surface area contributed by atoms with Crippen LogP contribution in [0.5, 0.6) is 0 Å². The van der Waals surface area contributed by atoms with Gasteiger partial charge in [-0.1, -0.05) is 29.3 Å². The number of amides is 3. The van der Waals surface area contributed by atoms with Gasteiger partial charge in [0, 0.05) is 33.6 Å². The van der Waals surface area contributed by atoms with E-state index >= 15 is 0 Å². The van der Waals surface area contributed by atoms with Gasteiger partial charge in [-0.05, 0) is 24.1 Å². The molecule has 2 rings (SSSR count). The summed E-state index contributed by atoms with van der Waals surface area (Å²) in [6.45, 7) is 0.546. The molecule has 1 aliphatic heterocycles. The Bertz CT molecular complexity index is 795. The largest absolute Gasteiger partial charge is 0.503 e. The standard InChI is InChI=1S/C18H21Cl2N3O4/c1-21-15(24)4-3-7-23-10-12(16(25)18(23)27)17(26)22(2)9-11-5-6-13(19)14(20)8-11/h5-6,8,25H,3-4,7,9-10H2,1-2H3,(H,21,24). The molecule has 0 saturated heterocycles. The van der Waals surface area contributed by atoms with Crippen molar-refractivity contribution >= 4 is 40.9 Å². The van der Waals surface area contributed by atoms with Gasteiger partial charge in [0.2, 0.25) is 5.91 Å². The Morgan fingerprint density at radius 1 is 1.30 bits per heavy atom. The molecule has 1 aromatic carbocycles. The Balaban J connectivity index is 1.99. The number of carbonyl (C=O) groups is 3. The van der Waals surface area contributed by atoms with E-state index in [9.17, 15) is 19.5 Å². The van der Waals surface area contributed by atoms with E-state index in [0.717, 1.165) is 5.56 Å². The first-order valence-corrected chi connectivity index (χ1v) is 9.11. The zero-order valence-electron chi connectivity index (χ0n) is 15.1. The summed E-state index contributed by atoms with van der Waals surface area (Å²) in [5, 5.41) is 13.4. The molecule has 7 nitrogen and oxygen atoms in total. The number of rotatable bonds is 7. The van der Waals surface area contributed by atoms with Crippen molar-refractivity contribution in [3.05, 3.63) is 45.1 Å². The minimum Gasteiger partial charge on any atom is -0.503 e. The van der Waals surface area contributed by atoms with Crippen LogP contribution in [0.1, 0.15) is 18.4 Å². The van der Waals surface area contributed by atoms with E-state index in [2.05, 4.69) is 5.32 Å². The highest BCUT2D eigenvalue weighted by Crippen LogP contribution is 2.24. The lowest BCUT2D eigenvalue weighted by Crippen LogP contribution is -2.32. The Kier molecular flexibility index (Phi) is 7.10. The molecule has 0 aromatic heterocycles. The van der Waals surface area contributed by atoms with Gasteiger partial charge in [-0.25, -0.2) is 0 Å². The third kappa shape index (κ3) is 5.14. The number of aliphatic hydroxyl groups is 1. The van der Waals surface area contributed by atoms with Crippen LogP contribution < -0.4 is 5.32 Å². The molecule has 1 aliphatic rings. The fourth-order valence-corrected chi connectivity index (χ4v) is 3.06. The normalized spacial score (nSPS) is 13.9. The van der Waals surface area contributed by atoms with Crippen LogP contribution in [0.3, 0.4) is 0 Å². The summed E-state index contributed by atoms with van der Waals surface area (Å²) in [4.78, 5) is 38.8. The van der Waals surface area contributed by atoms with Crippen molar-refractivity contribution in [2.45, 2.75) is 19.4 Å². The van der Waals surface area contributed by atoms with Crippen LogP contribution in [0.25, 0.3) is 0 Å². The van der Waals surface area contributed by atoms with Crippen molar-refractivity contribution in [2.75, 3.05) is 27.2 Å². The van der Waals surface area contributed by atoms with Gasteiger partial charge in [0.25, 0.3) is 11.8 Å². The molecule has 0 aliphatic carbocycles. The van der Waals surface area contributed by atoms with Crippen molar-refractivity contribution in [1.29, 1.82) is 0 Å². The molecular weight excluding hydrogens is 393 g/mol. The minimum atomic E-state index is -0.599. The van der Waals surface area contributed by atoms with Crippen LogP contribution in [0, 0.1) is 0 Å². The third-order valence-corrected chi connectivity index (χ3v) is 4.98. The molecule has 0 atom stereocenters. The van der Waals surface area contributed by atoms with Crippen LogP contribution in [0.4, 0.5) is 0 Å². The number of nitrogens with zero attached hydrogens (tertiary/aromatic N) is 2.